The van der Waals surface area contributed by atoms with Crippen LogP contribution < -0.4 is 9.47 Å². The zero-order valence-corrected chi connectivity index (χ0v) is 13.3. The summed E-state index contributed by atoms with van der Waals surface area (Å²) in [6.07, 6.45) is 4.29. The summed E-state index contributed by atoms with van der Waals surface area (Å²) in [4.78, 5) is 12.1. The summed E-state index contributed by atoms with van der Waals surface area (Å²) < 4.78 is 11.0. The number of hydrogen-bond acceptors (Lipinski definition) is 3. The topological polar surface area (TPSA) is 55.8 Å². The highest BCUT2D eigenvalue weighted by Crippen LogP contribution is 2.48. The van der Waals surface area contributed by atoms with Gasteiger partial charge in [0.15, 0.2) is 0 Å². The van der Waals surface area contributed by atoms with E-state index in [0.717, 1.165) is 41.7 Å². The summed E-state index contributed by atoms with van der Waals surface area (Å²) in [7, 11) is 3.22. The molecule has 0 radical (unpaired) electrons. The number of benzene rings is 1. The van der Waals surface area contributed by atoms with E-state index in [2.05, 4.69) is 0 Å². The molecule has 4 nitrogen and oxygen atoms in total. The summed E-state index contributed by atoms with van der Waals surface area (Å²) in [5.74, 6) is 0.670. The van der Waals surface area contributed by atoms with Gasteiger partial charge in [-0.1, -0.05) is 19.3 Å². The van der Waals surface area contributed by atoms with Gasteiger partial charge in [-0.05, 0) is 43.9 Å². The van der Waals surface area contributed by atoms with Gasteiger partial charge < -0.3 is 14.6 Å². The van der Waals surface area contributed by atoms with Gasteiger partial charge in [0, 0.05) is 5.56 Å². The van der Waals surface area contributed by atoms with Gasteiger partial charge in [-0.15, -0.1) is 0 Å². The predicted octanol–water partition coefficient (Wildman–Crippen LogP) is 3.61. The number of aryl methyl sites for hydroxylation is 1. The summed E-state index contributed by atoms with van der Waals surface area (Å²) in [6.45, 7) is 3.86. The van der Waals surface area contributed by atoms with Gasteiger partial charge in [-0.2, -0.15) is 0 Å². The summed E-state index contributed by atoms with van der Waals surface area (Å²) in [5.41, 5.74) is 1.74. The molecule has 0 spiro atoms. The van der Waals surface area contributed by atoms with E-state index >= 15 is 0 Å². The molecule has 0 heterocycles. The molecule has 0 amide bonds. The van der Waals surface area contributed by atoms with Gasteiger partial charge in [-0.25, -0.2) is 0 Å². The van der Waals surface area contributed by atoms with E-state index in [1.165, 1.54) is 0 Å². The highest BCUT2D eigenvalue weighted by molar-refractivity contribution is 5.84. The number of carboxylic acids is 1. The molecule has 0 atom stereocenters. The fraction of sp³-hybridized carbons (Fsp3) is 0.588. The Morgan fingerprint density at radius 1 is 1.14 bits per heavy atom. The van der Waals surface area contributed by atoms with Crippen LogP contribution in [-0.2, 0) is 10.2 Å². The molecule has 1 aliphatic carbocycles. The quantitative estimate of drug-likeness (QED) is 0.921. The number of carboxylic acid groups (broad SMARTS) is 1. The van der Waals surface area contributed by atoms with Crippen molar-refractivity contribution >= 4 is 5.97 Å². The van der Waals surface area contributed by atoms with Crippen LogP contribution in [0.2, 0.25) is 0 Å². The van der Waals surface area contributed by atoms with Crippen LogP contribution in [0.15, 0.2) is 6.07 Å². The van der Waals surface area contributed by atoms with Crippen LogP contribution >= 0.6 is 0 Å². The van der Waals surface area contributed by atoms with Gasteiger partial charge in [-0.3, -0.25) is 4.79 Å². The van der Waals surface area contributed by atoms with Crippen molar-refractivity contribution in [2.24, 2.45) is 0 Å². The lowest BCUT2D eigenvalue weighted by atomic mass is 9.67. The molecule has 1 fully saturated rings. The van der Waals surface area contributed by atoms with Crippen LogP contribution in [0.1, 0.15) is 48.8 Å². The maximum atomic E-state index is 12.1. The number of carbonyl (C=O) groups is 1. The zero-order valence-electron chi connectivity index (χ0n) is 13.3. The molecule has 4 heteroatoms. The van der Waals surface area contributed by atoms with E-state index in [-0.39, 0.29) is 0 Å². The number of ether oxygens (including phenoxy) is 2. The van der Waals surface area contributed by atoms with Crippen molar-refractivity contribution in [3.05, 3.63) is 22.8 Å². The molecule has 0 saturated heterocycles. The lowest BCUT2D eigenvalue weighted by Crippen LogP contribution is -2.39. The second-order valence-corrected chi connectivity index (χ2v) is 5.88. The molecule has 1 aromatic rings. The number of hydrogen-bond donors (Lipinski definition) is 1. The minimum Gasteiger partial charge on any atom is -0.496 e. The first-order valence-corrected chi connectivity index (χ1v) is 7.44. The Balaban J connectivity index is 2.74. The molecule has 0 unspecified atom stereocenters. The Morgan fingerprint density at radius 3 is 2.24 bits per heavy atom. The van der Waals surface area contributed by atoms with Gasteiger partial charge in [0.25, 0.3) is 0 Å². The first-order chi connectivity index (χ1) is 9.97. The van der Waals surface area contributed by atoms with Crippen LogP contribution in [0.4, 0.5) is 0 Å². The maximum Gasteiger partial charge on any atom is 0.314 e. The minimum atomic E-state index is -0.854. The standard InChI is InChI=1S/C17H24O4/c1-11-10-13(20-3)12(2)14(15(11)21-4)17(16(18)19)8-6-5-7-9-17/h10H,5-9H2,1-4H3,(H,18,19). The fourth-order valence-corrected chi connectivity index (χ4v) is 3.64. The van der Waals surface area contributed by atoms with Crippen molar-refractivity contribution in [1.82, 2.24) is 0 Å². The minimum absolute atomic E-state index is 0.659. The third-order valence-corrected chi connectivity index (χ3v) is 4.70. The normalized spacial score (nSPS) is 17.3. The molecule has 116 valence electrons. The van der Waals surface area contributed by atoms with Crippen LogP contribution in [0.5, 0.6) is 11.5 Å². The molecule has 1 aromatic carbocycles. The van der Waals surface area contributed by atoms with E-state index < -0.39 is 11.4 Å². The Hall–Kier alpha value is -1.71. The monoisotopic (exact) mass is 292 g/mol. The lowest BCUT2D eigenvalue weighted by molar-refractivity contribution is -0.145. The van der Waals surface area contributed by atoms with Gasteiger partial charge in [0.05, 0.1) is 19.6 Å². The van der Waals surface area contributed by atoms with Crippen molar-refractivity contribution in [3.8, 4) is 11.5 Å². The van der Waals surface area contributed by atoms with Crippen molar-refractivity contribution in [2.45, 2.75) is 51.4 Å². The molecule has 1 aliphatic rings. The summed E-state index contributed by atoms with van der Waals surface area (Å²) in [5, 5.41) is 9.94. The van der Waals surface area contributed by atoms with E-state index in [1.54, 1.807) is 14.2 Å². The zero-order chi connectivity index (χ0) is 15.6. The second-order valence-electron chi connectivity index (χ2n) is 5.88. The maximum absolute atomic E-state index is 12.1. The Kier molecular flexibility index (Phi) is 4.45. The van der Waals surface area contributed by atoms with Gasteiger partial charge >= 0.3 is 5.97 Å². The first kappa shape index (κ1) is 15.7. The SMILES string of the molecule is COc1cc(C)c(OC)c(C2(C(=O)O)CCCCC2)c1C. The van der Waals surface area contributed by atoms with Crippen LogP contribution in [-0.4, -0.2) is 25.3 Å². The van der Waals surface area contributed by atoms with E-state index in [0.29, 0.717) is 18.6 Å². The highest BCUT2D eigenvalue weighted by atomic mass is 16.5. The molecule has 2 rings (SSSR count). The third kappa shape index (κ3) is 2.47. The summed E-state index contributed by atoms with van der Waals surface area (Å²) in [6, 6.07) is 1.91. The largest absolute Gasteiger partial charge is 0.496 e. The van der Waals surface area contributed by atoms with Gasteiger partial charge in [0.2, 0.25) is 0 Å². The molecule has 0 bridgehead atoms. The second kappa shape index (κ2) is 5.96. The first-order valence-electron chi connectivity index (χ1n) is 7.44. The van der Waals surface area contributed by atoms with Crippen LogP contribution in [0.3, 0.4) is 0 Å². The van der Waals surface area contributed by atoms with Crippen molar-refractivity contribution < 1.29 is 19.4 Å². The number of methoxy groups -OCH3 is 2. The molecule has 1 N–H and O–H groups in total. The van der Waals surface area contributed by atoms with E-state index in [9.17, 15) is 9.90 Å². The average molecular weight is 292 g/mol. The Labute approximate surface area is 126 Å². The highest BCUT2D eigenvalue weighted by Gasteiger charge is 2.45. The number of aliphatic carboxylic acids is 1. The van der Waals surface area contributed by atoms with Crippen molar-refractivity contribution in [1.29, 1.82) is 0 Å². The van der Waals surface area contributed by atoms with Crippen LogP contribution in [0, 0.1) is 13.8 Å². The molecule has 0 aromatic heterocycles. The number of rotatable bonds is 4. The van der Waals surface area contributed by atoms with E-state index in [1.807, 2.05) is 19.9 Å². The third-order valence-electron chi connectivity index (χ3n) is 4.70. The predicted molar refractivity (Wildman–Crippen MR) is 81.4 cm³/mol. The Bertz CT molecular complexity index is 542. The van der Waals surface area contributed by atoms with Crippen LogP contribution in [0.25, 0.3) is 0 Å². The molecular weight excluding hydrogens is 268 g/mol. The molecule has 1 saturated carbocycles. The van der Waals surface area contributed by atoms with E-state index in [4.69, 9.17) is 9.47 Å². The molecule has 0 aliphatic heterocycles. The fourth-order valence-electron chi connectivity index (χ4n) is 3.64. The van der Waals surface area contributed by atoms with Crippen molar-refractivity contribution in [2.75, 3.05) is 14.2 Å². The van der Waals surface area contributed by atoms with Gasteiger partial charge in [0.1, 0.15) is 11.5 Å². The summed E-state index contributed by atoms with van der Waals surface area (Å²) >= 11 is 0. The Morgan fingerprint density at radius 2 is 1.76 bits per heavy atom. The molecular formula is C17H24O4. The smallest absolute Gasteiger partial charge is 0.314 e. The molecule has 21 heavy (non-hydrogen) atoms. The van der Waals surface area contributed by atoms with Crippen molar-refractivity contribution in [3.63, 3.8) is 0 Å². The average Bonchev–Trinajstić information content (AvgIpc) is 2.49. The lowest BCUT2D eigenvalue weighted by Gasteiger charge is -2.36.